The van der Waals surface area contributed by atoms with Crippen LogP contribution in [0.2, 0.25) is 0 Å². The summed E-state index contributed by atoms with van der Waals surface area (Å²) in [5.41, 5.74) is 0. The highest BCUT2D eigenvalue weighted by Gasteiger charge is 2.32. The van der Waals surface area contributed by atoms with Gasteiger partial charge in [-0.3, -0.25) is 4.79 Å². The average Bonchev–Trinajstić information content (AvgIpc) is 2.15. The Kier molecular flexibility index (Phi) is 3.29. The van der Waals surface area contributed by atoms with Crippen LogP contribution in [0.1, 0.15) is 33.1 Å². The number of hydrogen-bond acceptors (Lipinski definition) is 2. The van der Waals surface area contributed by atoms with Crippen LogP contribution < -0.4 is 0 Å². The first-order chi connectivity index (χ1) is 7.18. The fraction of sp³-hybridized carbons (Fsp3) is 0.917. The molecule has 2 saturated heterocycles. The van der Waals surface area contributed by atoms with Gasteiger partial charge in [0, 0.05) is 19.5 Å². The molecule has 2 fully saturated rings. The molecule has 0 aromatic rings. The van der Waals surface area contributed by atoms with Crippen molar-refractivity contribution in [1.29, 1.82) is 0 Å². The Bertz CT molecular complexity index is 228. The van der Waals surface area contributed by atoms with E-state index in [1.807, 2.05) is 4.90 Å². The van der Waals surface area contributed by atoms with Gasteiger partial charge in [0.15, 0.2) is 0 Å². The highest BCUT2D eigenvalue weighted by molar-refractivity contribution is 5.81. The van der Waals surface area contributed by atoms with E-state index in [0.29, 0.717) is 0 Å². The van der Waals surface area contributed by atoms with Crippen LogP contribution in [0.25, 0.3) is 0 Å². The molecule has 2 aliphatic rings. The van der Waals surface area contributed by atoms with Gasteiger partial charge in [0.1, 0.15) is 6.10 Å². The summed E-state index contributed by atoms with van der Waals surface area (Å²) in [6, 6.07) is 0. The number of piperidine rings is 1. The van der Waals surface area contributed by atoms with E-state index in [9.17, 15) is 4.79 Å². The van der Waals surface area contributed by atoms with Crippen LogP contribution >= 0.6 is 0 Å². The monoisotopic (exact) mass is 211 g/mol. The molecule has 3 nitrogen and oxygen atoms in total. The Morgan fingerprint density at radius 1 is 1.27 bits per heavy atom. The smallest absolute Gasteiger partial charge is 0.251 e. The summed E-state index contributed by atoms with van der Waals surface area (Å²) < 4.78 is 5.23. The van der Waals surface area contributed by atoms with Crippen molar-refractivity contribution in [2.75, 3.05) is 19.7 Å². The van der Waals surface area contributed by atoms with Gasteiger partial charge in [0.05, 0.1) is 6.61 Å². The van der Waals surface area contributed by atoms with E-state index >= 15 is 0 Å². The predicted octanol–water partition coefficient (Wildman–Crippen LogP) is 1.67. The van der Waals surface area contributed by atoms with E-state index in [-0.39, 0.29) is 12.0 Å². The highest BCUT2D eigenvalue weighted by Crippen LogP contribution is 2.26. The average molecular weight is 211 g/mol. The Hall–Kier alpha value is -0.570. The minimum Gasteiger partial charge on any atom is -0.368 e. The normalized spacial score (nSPS) is 27.9. The molecule has 0 bridgehead atoms. The van der Waals surface area contributed by atoms with Crippen molar-refractivity contribution in [2.45, 2.75) is 39.2 Å². The van der Waals surface area contributed by atoms with E-state index in [0.717, 1.165) is 50.8 Å². The van der Waals surface area contributed by atoms with Crippen LogP contribution in [0.4, 0.5) is 0 Å². The summed E-state index contributed by atoms with van der Waals surface area (Å²) in [5.74, 6) is 1.78. The van der Waals surface area contributed by atoms with Crippen molar-refractivity contribution < 1.29 is 9.53 Å². The number of likely N-dealkylation sites (tertiary alicyclic amines) is 1. The third kappa shape index (κ3) is 2.33. The Balaban J connectivity index is 1.79. The second-order valence-electron chi connectivity index (χ2n) is 5.05. The van der Waals surface area contributed by atoms with Gasteiger partial charge in [0.25, 0.3) is 5.91 Å². The van der Waals surface area contributed by atoms with E-state index in [4.69, 9.17) is 4.74 Å². The van der Waals surface area contributed by atoms with E-state index in [1.54, 1.807) is 0 Å². The minimum absolute atomic E-state index is 0.111. The van der Waals surface area contributed by atoms with Gasteiger partial charge in [-0.25, -0.2) is 0 Å². The number of amides is 1. The first-order valence-corrected chi connectivity index (χ1v) is 6.09. The third-order valence-corrected chi connectivity index (χ3v) is 3.77. The van der Waals surface area contributed by atoms with E-state index < -0.39 is 0 Å². The standard InChI is InChI=1S/C12H21NO2/c1-9(2)10-3-6-13(7-4-10)12(14)11-5-8-15-11/h9-11H,3-8H2,1-2H3/t11-/m1/s1. The summed E-state index contributed by atoms with van der Waals surface area (Å²) in [5, 5.41) is 0. The van der Waals surface area contributed by atoms with Crippen molar-refractivity contribution in [3.63, 3.8) is 0 Å². The molecule has 0 saturated carbocycles. The summed E-state index contributed by atoms with van der Waals surface area (Å²) >= 11 is 0. The lowest BCUT2D eigenvalue weighted by Gasteiger charge is -2.37. The maximum atomic E-state index is 11.9. The quantitative estimate of drug-likeness (QED) is 0.695. The highest BCUT2D eigenvalue weighted by atomic mass is 16.5. The number of ether oxygens (including phenoxy) is 1. The molecule has 2 aliphatic heterocycles. The predicted molar refractivity (Wildman–Crippen MR) is 58.5 cm³/mol. The number of hydrogen-bond donors (Lipinski definition) is 0. The zero-order chi connectivity index (χ0) is 10.8. The fourth-order valence-corrected chi connectivity index (χ4v) is 2.42. The van der Waals surface area contributed by atoms with Crippen LogP contribution in [-0.4, -0.2) is 36.6 Å². The minimum atomic E-state index is -0.111. The molecule has 86 valence electrons. The molecule has 0 unspecified atom stereocenters. The van der Waals surface area contributed by atoms with Crippen LogP contribution in [0, 0.1) is 11.8 Å². The van der Waals surface area contributed by atoms with Crippen molar-refractivity contribution in [1.82, 2.24) is 4.90 Å². The lowest BCUT2D eigenvalue weighted by Crippen LogP contribution is -2.48. The summed E-state index contributed by atoms with van der Waals surface area (Å²) in [7, 11) is 0. The van der Waals surface area contributed by atoms with Crippen molar-refractivity contribution in [3.8, 4) is 0 Å². The van der Waals surface area contributed by atoms with Gasteiger partial charge in [-0.15, -0.1) is 0 Å². The molecule has 15 heavy (non-hydrogen) atoms. The molecule has 3 heteroatoms. The van der Waals surface area contributed by atoms with Crippen LogP contribution in [0.5, 0.6) is 0 Å². The molecule has 0 aromatic heterocycles. The van der Waals surface area contributed by atoms with Gasteiger partial charge in [-0.2, -0.15) is 0 Å². The molecular formula is C12H21NO2. The molecule has 0 aliphatic carbocycles. The van der Waals surface area contributed by atoms with Crippen molar-refractivity contribution in [3.05, 3.63) is 0 Å². The summed E-state index contributed by atoms with van der Waals surface area (Å²) in [6.45, 7) is 7.18. The molecule has 1 amide bonds. The number of nitrogens with zero attached hydrogens (tertiary/aromatic N) is 1. The van der Waals surface area contributed by atoms with Gasteiger partial charge < -0.3 is 9.64 Å². The fourth-order valence-electron chi connectivity index (χ4n) is 2.42. The first-order valence-electron chi connectivity index (χ1n) is 6.09. The van der Waals surface area contributed by atoms with Gasteiger partial charge >= 0.3 is 0 Å². The second-order valence-corrected chi connectivity index (χ2v) is 5.05. The lowest BCUT2D eigenvalue weighted by atomic mass is 9.86. The zero-order valence-electron chi connectivity index (χ0n) is 9.74. The maximum Gasteiger partial charge on any atom is 0.251 e. The number of carbonyl (C=O) groups excluding carboxylic acids is 1. The lowest BCUT2D eigenvalue weighted by molar-refractivity contribution is -0.157. The van der Waals surface area contributed by atoms with E-state index in [2.05, 4.69) is 13.8 Å². The van der Waals surface area contributed by atoms with Crippen LogP contribution in [0.15, 0.2) is 0 Å². The van der Waals surface area contributed by atoms with Crippen molar-refractivity contribution >= 4 is 5.91 Å². The van der Waals surface area contributed by atoms with Crippen LogP contribution in [-0.2, 0) is 9.53 Å². The second kappa shape index (κ2) is 4.52. The summed E-state index contributed by atoms with van der Waals surface area (Å²) in [4.78, 5) is 13.8. The summed E-state index contributed by atoms with van der Waals surface area (Å²) in [6.07, 6.45) is 3.13. The van der Waals surface area contributed by atoms with Crippen LogP contribution in [0.3, 0.4) is 0 Å². The van der Waals surface area contributed by atoms with Crippen molar-refractivity contribution in [2.24, 2.45) is 11.8 Å². The molecule has 0 spiro atoms. The third-order valence-electron chi connectivity index (χ3n) is 3.77. The van der Waals surface area contributed by atoms with Gasteiger partial charge in [-0.05, 0) is 24.7 Å². The number of rotatable bonds is 2. The number of carbonyl (C=O) groups is 1. The topological polar surface area (TPSA) is 29.5 Å². The zero-order valence-corrected chi connectivity index (χ0v) is 9.74. The Labute approximate surface area is 91.8 Å². The van der Waals surface area contributed by atoms with Gasteiger partial charge in [0.2, 0.25) is 0 Å². The molecule has 2 rings (SSSR count). The molecule has 1 atom stereocenters. The van der Waals surface area contributed by atoms with Gasteiger partial charge in [-0.1, -0.05) is 13.8 Å². The SMILES string of the molecule is CC(C)C1CCN(C(=O)[C@H]2CCO2)CC1. The Morgan fingerprint density at radius 2 is 1.87 bits per heavy atom. The molecule has 0 radical (unpaired) electrons. The largest absolute Gasteiger partial charge is 0.368 e. The maximum absolute atomic E-state index is 11.9. The molecular weight excluding hydrogens is 190 g/mol. The molecule has 0 aromatic carbocycles. The van der Waals surface area contributed by atoms with E-state index in [1.165, 1.54) is 0 Å². The first kappa shape index (κ1) is 10.9. The molecule has 2 heterocycles. The Morgan fingerprint density at radius 3 is 2.27 bits per heavy atom. The molecule has 0 N–H and O–H groups in total.